The van der Waals surface area contributed by atoms with E-state index in [4.69, 9.17) is 15.5 Å². The summed E-state index contributed by atoms with van der Waals surface area (Å²) in [4.78, 5) is 13.0. The second-order valence-electron chi connectivity index (χ2n) is 7.28. The summed E-state index contributed by atoms with van der Waals surface area (Å²) in [7, 11) is 0. The zero-order valence-corrected chi connectivity index (χ0v) is 15.1. The number of fused-ring (bicyclic) bond motifs is 1. The average molecular weight is 353 g/mol. The van der Waals surface area contributed by atoms with Gasteiger partial charge in [-0.15, -0.1) is 0 Å². The van der Waals surface area contributed by atoms with Gasteiger partial charge in [-0.2, -0.15) is 5.26 Å². The smallest absolute Gasteiger partial charge is 0.116 e. The maximum Gasteiger partial charge on any atom is 0.116 e. The predicted molar refractivity (Wildman–Crippen MR) is 95.8 cm³/mol. The van der Waals surface area contributed by atoms with E-state index in [0.717, 1.165) is 5.69 Å². The molecule has 26 heavy (non-hydrogen) atoms. The molecule has 0 aromatic carbocycles. The molecule has 0 saturated heterocycles. The molecule has 1 atom stereocenters. The van der Waals surface area contributed by atoms with Gasteiger partial charge in [0, 0.05) is 29.6 Å². The Morgan fingerprint density at radius 1 is 1.46 bits per heavy atom. The molecule has 0 fully saturated rings. The van der Waals surface area contributed by atoms with Crippen molar-refractivity contribution in [1.29, 1.82) is 5.26 Å². The number of aliphatic hydroxyl groups is 1. The molecule has 7 nitrogen and oxygen atoms in total. The predicted octanol–water partition coefficient (Wildman–Crippen LogP) is 1.89. The number of pyridine rings is 1. The molecule has 136 valence electrons. The van der Waals surface area contributed by atoms with Gasteiger partial charge in [0.1, 0.15) is 12.4 Å². The maximum absolute atomic E-state index is 10.8. The van der Waals surface area contributed by atoms with E-state index in [-0.39, 0.29) is 12.0 Å². The van der Waals surface area contributed by atoms with E-state index in [0.29, 0.717) is 54.1 Å². The first-order chi connectivity index (χ1) is 12.5. The van der Waals surface area contributed by atoms with E-state index in [9.17, 15) is 10.4 Å². The van der Waals surface area contributed by atoms with Crippen molar-refractivity contribution in [2.45, 2.75) is 39.4 Å². The Morgan fingerprint density at radius 2 is 2.27 bits per heavy atom. The van der Waals surface area contributed by atoms with Gasteiger partial charge >= 0.3 is 0 Å². The topological polar surface area (TPSA) is 118 Å². The van der Waals surface area contributed by atoms with Gasteiger partial charge in [0.05, 0.1) is 36.3 Å². The van der Waals surface area contributed by atoms with Crippen molar-refractivity contribution in [2.24, 2.45) is 11.1 Å². The minimum atomic E-state index is -0.697. The fraction of sp³-hybridized carbons (Fsp3) is 0.474. The Labute approximate surface area is 152 Å². The zero-order valence-electron chi connectivity index (χ0n) is 15.1. The Morgan fingerprint density at radius 3 is 2.92 bits per heavy atom. The quantitative estimate of drug-likeness (QED) is 0.788. The Bertz CT molecular complexity index is 830. The van der Waals surface area contributed by atoms with Gasteiger partial charge in [0.2, 0.25) is 0 Å². The van der Waals surface area contributed by atoms with Crippen molar-refractivity contribution in [3.63, 3.8) is 0 Å². The summed E-state index contributed by atoms with van der Waals surface area (Å²) < 4.78 is 5.54. The van der Waals surface area contributed by atoms with Crippen LogP contribution in [0.1, 0.15) is 48.9 Å². The molecule has 0 bridgehead atoms. The summed E-state index contributed by atoms with van der Waals surface area (Å²) in [5.41, 5.74) is 9.09. The van der Waals surface area contributed by atoms with Crippen LogP contribution in [0.2, 0.25) is 0 Å². The fourth-order valence-electron chi connectivity index (χ4n) is 3.53. The lowest BCUT2D eigenvalue weighted by Crippen LogP contribution is -2.28. The van der Waals surface area contributed by atoms with Gasteiger partial charge in [-0.3, -0.25) is 4.98 Å². The number of rotatable bonds is 5. The van der Waals surface area contributed by atoms with Crippen LogP contribution < -0.4 is 5.73 Å². The molecule has 0 amide bonds. The van der Waals surface area contributed by atoms with Crippen LogP contribution in [0.5, 0.6) is 0 Å². The number of ether oxygens (including phenoxy) is 1. The van der Waals surface area contributed by atoms with Crippen molar-refractivity contribution < 1.29 is 9.84 Å². The Balaban J connectivity index is 2.22. The second-order valence-corrected chi connectivity index (χ2v) is 7.28. The highest BCUT2D eigenvalue weighted by molar-refractivity contribution is 5.73. The molecule has 3 N–H and O–H groups in total. The molecule has 3 rings (SSSR count). The zero-order chi connectivity index (χ0) is 18.7. The molecule has 1 aliphatic rings. The van der Waals surface area contributed by atoms with Crippen LogP contribution in [0, 0.1) is 16.7 Å². The maximum atomic E-state index is 10.8. The second kappa shape index (κ2) is 7.46. The molecule has 0 aliphatic heterocycles. The Kier molecular flexibility index (Phi) is 5.28. The van der Waals surface area contributed by atoms with Gasteiger partial charge in [-0.1, -0.05) is 13.8 Å². The SMILES string of the molecule is CC1(C)Cc2nc(COCCN)c(C#N)c(-c3ccncn3)c2C(O)C1. The van der Waals surface area contributed by atoms with Gasteiger partial charge in [-0.25, -0.2) is 9.97 Å². The van der Waals surface area contributed by atoms with E-state index >= 15 is 0 Å². The average Bonchev–Trinajstić information content (AvgIpc) is 2.60. The van der Waals surface area contributed by atoms with Gasteiger partial charge in [0.15, 0.2) is 0 Å². The number of hydrogen-bond donors (Lipinski definition) is 2. The third-order valence-electron chi connectivity index (χ3n) is 4.56. The van der Waals surface area contributed by atoms with Gasteiger partial charge in [-0.05, 0) is 24.3 Å². The molecule has 0 radical (unpaired) electrons. The van der Waals surface area contributed by atoms with Crippen LogP contribution in [-0.2, 0) is 17.8 Å². The number of nitriles is 1. The number of nitrogens with two attached hydrogens (primary N) is 1. The normalized spacial score (nSPS) is 18.2. The first-order valence-corrected chi connectivity index (χ1v) is 8.65. The van der Waals surface area contributed by atoms with E-state index in [1.54, 1.807) is 12.3 Å². The van der Waals surface area contributed by atoms with Crippen LogP contribution >= 0.6 is 0 Å². The fourth-order valence-corrected chi connectivity index (χ4v) is 3.53. The van der Waals surface area contributed by atoms with E-state index in [1.165, 1.54) is 6.33 Å². The molecule has 0 saturated carbocycles. The largest absolute Gasteiger partial charge is 0.388 e. The molecular formula is C19H23N5O2. The molecule has 1 unspecified atom stereocenters. The lowest BCUT2D eigenvalue weighted by atomic mass is 9.73. The summed E-state index contributed by atoms with van der Waals surface area (Å²) >= 11 is 0. The van der Waals surface area contributed by atoms with Crippen molar-refractivity contribution in [3.05, 3.63) is 41.1 Å². The van der Waals surface area contributed by atoms with Crippen LogP contribution in [-0.4, -0.2) is 33.2 Å². The highest BCUT2D eigenvalue weighted by atomic mass is 16.5. The summed E-state index contributed by atoms with van der Waals surface area (Å²) in [5.74, 6) is 0. The van der Waals surface area contributed by atoms with E-state index in [2.05, 4.69) is 29.9 Å². The number of hydrogen-bond acceptors (Lipinski definition) is 7. The van der Waals surface area contributed by atoms with Gasteiger partial charge < -0.3 is 15.6 Å². The lowest BCUT2D eigenvalue weighted by Gasteiger charge is -2.35. The van der Waals surface area contributed by atoms with E-state index in [1.807, 2.05) is 0 Å². The monoisotopic (exact) mass is 353 g/mol. The summed E-state index contributed by atoms with van der Waals surface area (Å²) in [6, 6.07) is 3.98. The third-order valence-corrected chi connectivity index (χ3v) is 4.56. The van der Waals surface area contributed by atoms with Crippen molar-refractivity contribution >= 4 is 0 Å². The molecular weight excluding hydrogens is 330 g/mol. The number of nitrogens with zero attached hydrogens (tertiary/aromatic N) is 4. The van der Waals surface area contributed by atoms with Crippen LogP contribution in [0.3, 0.4) is 0 Å². The first kappa shape index (κ1) is 18.4. The van der Waals surface area contributed by atoms with Crippen molar-refractivity contribution in [3.8, 4) is 17.3 Å². The third kappa shape index (κ3) is 3.58. The first-order valence-electron chi connectivity index (χ1n) is 8.65. The summed E-state index contributed by atoms with van der Waals surface area (Å²) in [6.07, 6.45) is 3.69. The van der Waals surface area contributed by atoms with Crippen LogP contribution in [0.4, 0.5) is 0 Å². The molecule has 2 aromatic heterocycles. The highest BCUT2D eigenvalue weighted by Gasteiger charge is 2.36. The lowest BCUT2D eigenvalue weighted by molar-refractivity contribution is 0.0972. The van der Waals surface area contributed by atoms with Crippen molar-refractivity contribution in [2.75, 3.05) is 13.2 Å². The number of aliphatic hydroxyl groups excluding tert-OH is 1. The summed E-state index contributed by atoms with van der Waals surface area (Å²) in [6.45, 7) is 5.20. The van der Waals surface area contributed by atoms with E-state index < -0.39 is 6.10 Å². The summed E-state index contributed by atoms with van der Waals surface area (Å²) in [5, 5.41) is 20.6. The highest BCUT2D eigenvalue weighted by Crippen LogP contribution is 2.45. The molecule has 0 spiro atoms. The Hall–Kier alpha value is -2.40. The van der Waals surface area contributed by atoms with Gasteiger partial charge in [0.25, 0.3) is 0 Å². The molecule has 7 heteroatoms. The minimum Gasteiger partial charge on any atom is -0.388 e. The molecule has 2 aromatic rings. The van der Waals surface area contributed by atoms with Crippen LogP contribution in [0.15, 0.2) is 18.6 Å². The standard InChI is InChI=1S/C19H23N5O2/c1-19(2)7-14-18(16(25)8-19)17(13-3-5-22-11-23-13)12(9-21)15(24-14)10-26-6-4-20/h3,5,11,16,25H,4,6-8,10,20H2,1-2H3. The minimum absolute atomic E-state index is 0.0775. The molecule has 1 aliphatic carbocycles. The molecule has 2 heterocycles. The van der Waals surface area contributed by atoms with Crippen LogP contribution in [0.25, 0.3) is 11.3 Å². The number of aromatic nitrogens is 3. The van der Waals surface area contributed by atoms with Crippen molar-refractivity contribution in [1.82, 2.24) is 15.0 Å².